The van der Waals surface area contributed by atoms with Crippen LogP contribution in [0.4, 0.5) is 0 Å². The van der Waals surface area contributed by atoms with E-state index >= 15 is 0 Å². The first-order valence-corrected chi connectivity index (χ1v) is 18.4. The van der Waals surface area contributed by atoms with Crippen LogP contribution in [0, 0.1) is 0 Å². The molecule has 0 fully saturated rings. The second-order valence-electron chi connectivity index (χ2n) is 12.2. The zero-order valence-corrected chi connectivity index (χ0v) is 29.1. The van der Waals surface area contributed by atoms with Crippen LogP contribution in [0.3, 0.4) is 0 Å². The molecule has 0 aliphatic heterocycles. The van der Waals surface area contributed by atoms with Gasteiger partial charge in [0.1, 0.15) is 6.10 Å². The molecule has 1 N–H and O–H groups in total. The second kappa shape index (κ2) is 34.6. The Morgan fingerprint density at radius 3 is 1.61 bits per heavy atom. The number of nitrogens with zero attached hydrogens (tertiary/aromatic N) is 1. The lowest BCUT2D eigenvalue weighted by molar-refractivity contribution is -0.156. The highest BCUT2D eigenvalue weighted by Crippen LogP contribution is 2.11. The summed E-state index contributed by atoms with van der Waals surface area (Å²) in [4.78, 5) is 26.6. The van der Waals surface area contributed by atoms with Crippen molar-refractivity contribution >= 4 is 11.9 Å². The minimum Gasteiger partial charge on any atom is -0.466 e. The molecule has 0 bridgehead atoms. The summed E-state index contributed by atoms with van der Waals surface area (Å²) in [5, 5.41) is 9.46. The average Bonchev–Trinajstić information content (AvgIpc) is 3.01. The highest BCUT2D eigenvalue weighted by atomic mass is 16.6. The Balaban J connectivity index is 3.90. The van der Waals surface area contributed by atoms with E-state index < -0.39 is 0 Å². The van der Waals surface area contributed by atoms with Crippen LogP contribution in [0.2, 0.25) is 0 Å². The van der Waals surface area contributed by atoms with Gasteiger partial charge in [0.25, 0.3) is 0 Å². The van der Waals surface area contributed by atoms with Gasteiger partial charge >= 0.3 is 11.9 Å². The summed E-state index contributed by atoms with van der Waals surface area (Å²) in [6.45, 7) is 12.2. The van der Waals surface area contributed by atoms with E-state index in [-0.39, 0.29) is 24.6 Å². The van der Waals surface area contributed by atoms with Gasteiger partial charge in [0, 0.05) is 32.6 Å². The number of hydrogen-bond acceptors (Lipinski definition) is 8. The molecule has 0 heterocycles. The molecule has 8 heteroatoms. The lowest BCUT2D eigenvalue weighted by atomic mass is 10.1. The zero-order chi connectivity index (χ0) is 32.4. The number of ether oxygens (including phenoxy) is 4. The first-order valence-electron chi connectivity index (χ1n) is 18.4. The predicted molar refractivity (Wildman–Crippen MR) is 180 cm³/mol. The molecule has 0 aliphatic rings. The summed E-state index contributed by atoms with van der Waals surface area (Å²) >= 11 is 0. The molecule has 44 heavy (non-hydrogen) atoms. The summed E-state index contributed by atoms with van der Waals surface area (Å²) in [6.07, 6.45) is 21.2. The van der Waals surface area contributed by atoms with Gasteiger partial charge in [-0.25, -0.2) is 0 Å². The zero-order valence-electron chi connectivity index (χ0n) is 29.1. The minimum absolute atomic E-state index is 0.0499. The Morgan fingerprint density at radius 1 is 0.545 bits per heavy atom. The Labute approximate surface area is 271 Å². The number of carbonyl (C=O) groups is 2. The summed E-state index contributed by atoms with van der Waals surface area (Å²) in [7, 11) is 0. The number of esters is 2. The molecular weight excluding hydrogens is 558 g/mol. The molecule has 262 valence electrons. The van der Waals surface area contributed by atoms with E-state index in [2.05, 4.69) is 25.7 Å². The van der Waals surface area contributed by atoms with Crippen LogP contribution in [-0.4, -0.2) is 87.3 Å². The Bertz CT molecular complexity index is 619. The lowest BCUT2D eigenvalue weighted by Gasteiger charge is -2.21. The quantitative estimate of drug-likeness (QED) is 0.0556. The molecule has 0 spiro atoms. The maximum Gasteiger partial charge on any atom is 0.306 e. The van der Waals surface area contributed by atoms with Crippen LogP contribution in [0.1, 0.15) is 156 Å². The standard InChI is InChI=1S/C36H71NO7/c1-4-7-10-22-31-43-35(39)23-17-13-11-15-19-25-37(27-28-38)26-20-16-12-14-18-24-36(40)44-34(32-41-29-9-6-3)33-42-30-21-8-5-2/h34,38H,4-33H2,1-3H3. The van der Waals surface area contributed by atoms with Gasteiger partial charge in [-0.3, -0.25) is 9.59 Å². The Kier molecular flexibility index (Phi) is 33.7. The van der Waals surface area contributed by atoms with Gasteiger partial charge in [-0.1, -0.05) is 97.8 Å². The van der Waals surface area contributed by atoms with Crippen LogP contribution < -0.4 is 0 Å². The molecule has 0 aromatic heterocycles. The molecule has 0 saturated heterocycles. The molecular formula is C36H71NO7. The predicted octanol–water partition coefficient (Wildman–Crippen LogP) is 8.02. The van der Waals surface area contributed by atoms with Crippen LogP contribution in [0.15, 0.2) is 0 Å². The molecule has 0 aromatic carbocycles. The van der Waals surface area contributed by atoms with Crippen molar-refractivity contribution < 1.29 is 33.6 Å². The van der Waals surface area contributed by atoms with Gasteiger partial charge in [0.15, 0.2) is 0 Å². The van der Waals surface area contributed by atoms with Crippen molar-refractivity contribution in [2.24, 2.45) is 0 Å². The largest absolute Gasteiger partial charge is 0.466 e. The number of unbranched alkanes of at least 4 members (excludes halogenated alkanes) is 14. The molecule has 1 atom stereocenters. The molecule has 0 amide bonds. The molecule has 0 rings (SSSR count). The van der Waals surface area contributed by atoms with Gasteiger partial charge in [0.05, 0.1) is 26.4 Å². The average molecular weight is 630 g/mol. The SMILES string of the molecule is CCCCCCOC(=O)CCCCCCCN(CCO)CCCCCCCC(=O)OC(COCCCC)COCCCCC. The first-order chi connectivity index (χ1) is 21.6. The van der Waals surface area contributed by atoms with Gasteiger partial charge in [-0.2, -0.15) is 0 Å². The summed E-state index contributed by atoms with van der Waals surface area (Å²) < 4.78 is 22.4. The van der Waals surface area contributed by atoms with E-state index in [0.29, 0.717) is 45.9 Å². The van der Waals surface area contributed by atoms with Crippen molar-refractivity contribution in [1.29, 1.82) is 0 Å². The fraction of sp³-hybridized carbons (Fsp3) is 0.944. The van der Waals surface area contributed by atoms with Crippen molar-refractivity contribution in [2.45, 2.75) is 162 Å². The van der Waals surface area contributed by atoms with E-state index in [1.165, 1.54) is 12.8 Å². The number of carbonyl (C=O) groups excluding carboxylic acids is 2. The third-order valence-corrected chi connectivity index (χ3v) is 7.83. The van der Waals surface area contributed by atoms with Crippen molar-refractivity contribution in [1.82, 2.24) is 4.90 Å². The topological polar surface area (TPSA) is 94.5 Å². The third-order valence-electron chi connectivity index (χ3n) is 7.83. The smallest absolute Gasteiger partial charge is 0.306 e. The summed E-state index contributed by atoms with van der Waals surface area (Å²) in [6, 6.07) is 0. The van der Waals surface area contributed by atoms with Gasteiger partial charge in [0.2, 0.25) is 0 Å². The molecule has 0 saturated carbocycles. The first kappa shape index (κ1) is 42.8. The summed E-state index contributed by atoms with van der Waals surface area (Å²) in [5.41, 5.74) is 0. The lowest BCUT2D eigenvalue weighted by Crippen LogP contribution is -2.29. The van der Waals surface area contributed by atoms with E-state index in [0.717, 1.165) is 129 Å². The molecule has 0 aliphatic carbocycles. The van der Waals surface area contributed by atoms with Crippen molar-refractivity contribution in [2.75, 3.05) is 59.3 Å². The third kappa shape index (κ3) is 30.8. The number of aliphatic hydroxyl groups is 1. The van der Waals surface area contributed by atoms with Gasteiger partial charge in [-0.05, 0) is 58.0 Å². The molecule has 1 unspecified atom stereocenters. The van der Waals surface area contributed by atoms with Crippen LogP contribution in [0.25, 0.3) is 0 Å². The highest BCUT2D eigenvalue weighted by Gasteiger charge is 2.15. The number of rotatable bonds is 35. The Hall–Kier alpha value is -1.22. The van der Waals surface area contributed by atoms with E-state index in [4.69, 9.17) is 18.9 Å². The summed E-state index contributed by atoms with van der Waals surface area (Å²) in [5.74, 6) is -0.204. The van der Waals surface area contributed by atoms with Crippen molar-refractivity contribution in [3.63, 3.8) is 0 Å². The number of hydrogen-bond donors (Lipinski definition) is 1. The van der Waals surface area contributed by atoms with Gasteiger partial charge in [-0.15, -0.1) is 0 Å². The van der Waals surface area contributed by atoms with Crippen LogP contribution in [-0.2, 0) is 28.5 Å². The second-order valence-corrected chi connectivity index (χ2v) is 12.2. The molecule has 8 nitrogen and oxygen atoms in total. The monoisotopic (exact) mass is 630 g/mol. The van der Waals surface area contributed by atoms with E-state index in [9.17, 15) is 14.7 Å². The fourth-order valence-electron chi connectivity index (χ4n) is 5.03. The number of aliphatic hydroxyl groups excluding tert-OH is 1. The minimum atomic E-state index is -0.327. The van der Waals surface area contributed by atoms with Crippen LogP contribution >= 0.6 is 0 Å². The maximum absolute atomic E-state index is 12.4. The Morgan fingerprint density at radius 2 is 1.02 bits per heavy atom. The molecule has 0 radical (unpaired) electrons. The maximum atomic E-state index is 12.4. The van der Waals surface area contributed by atoms with Crippen molar-refractivity contribution in [3.8, 4) is 0 Å². The highest BCUT2D eigenvalue weighted by molar-refractivity contribution is 5.69. The van der Waals surface area contributed by atoms with E-state index in [1.807, 2.05) is 0 Å². The normalized spacial score (nSPS) is 12.1. The molecule has 0 aromatic rings. The van der Waals surface area contributed by atoms with Gasteiger partial charge < -0.3 is 29.0 Å². The van der Waals surface area contributed by atoms with Crippen LogP contribution in [0.5, 0.6) is 0 Å². The van der Waals surface area contributed by atoms with Crippen molar-refractivity contribution in [3.05, 3.63) is 0 Å². The van der Waals surface area contributed by atoms with E-state index in [1.54, 1.807) is 0 Å². The fourth-order valence-corrected chi connectivity index (χ4v) is 5.03.